The zero-order valence-electron chi connectivity index (χ0n) is 37.9. The molecule has 4 fully saturated rings. The number of fused-ring (bicyclic) bond motifs is 3. The Kier molecular flexibility index (Phi) is 13.8. The number of para-hydroxylation sites is 1. The Balaban J connectivity index is 0.640. The van der Waals surface area contributed by atoms with E-state index in [9.17, 15) is 29.1 Å². The number of hydrogen-bond acceptors (Lipinski definition) is 14. The number of unbranched alkanes of at least 4 members (excludes halogenated alkanes) is 5. The molecule has 3 aromatic carbocycles. The summed E-state index contributed by atoms with van der Waals surface area (Å²) in [5.74, 6) is -0.414. The molecule has 5 N–H and O–H groups in total. The summed E-state index contributed by atoms with van der Waals surface area (Å²) in [5, 5.41) is 24.5. The van der Waals surface area contributed by atoms with Crippen LogP contribution in [0.3, 0.4) is 0 Å². The van der Waals surface area contributed by atoms with Gasteiger partial charge >= 0.3 is 0 Å². The molecule has 17 heteroatoms. The van der Waals surface area contributed by atoms with Crippen molar-refractivity contribution in [2.75, 3.05) is 79.8 Å². The number of nitrogens with zero attached hydrogens (tertiary/aromatic N) is 7. The number of ether oxygens (including phenoxy) is 1. The number of aromatic nitrogens is 2. The summed E-state index contributed by atoms with van der Waals surface area (Å²) in [6.07, 6.45) is 8.76. The van der Waals surface area contributed by atoms with Crippen LogP contribution in [0.25, 0.3) is 11.3 Å². The standard InChI is InChI=1S/C50H60N10O7/c51-47-42(30-40(54-55-47)37-13-6-7-16-43(37)61)58-31-34-18-19-35(32-58)59(34)33-11-9-12-36(29-33)67-28-27-56-23-25-57(26-24-56)45(63)17-5-3-1-2-4-8-22-52-39-15-10-14-38-46(39)50(66)60(49(38)65)41-20-21-44(62)53-48(41)64/h6-7,9-16,29-30,34-35,41,52,61H,1-5,8,17-28,31-32H2,(H2,51,55)(H,53,62,64)/t34-,35+,41?. The number of carbonyl (C=O) groups is 5. The van der Waals surface area contributed by atoms with Crippen molar-refractivity contribution in [3.63, 3.8) is 0 Å². The normalized spacial score (nSPS) is 20.6. The molecule has 17 nitrogen and oxygen atoms in total. The average Bonchev–Trinajstić information content (AvgIpc) is 3.75. The van der Waals surface area contributed by atoms with Crippen LogP contribution in [0, 0.1) is 0 Å². The van der Waals surface area contributed by atoms with Crippen molar-refractivity contribution in [1.82, 2.24) is 30.2 Å². The molecular formula is C50H60N10O7. The first-order chi connectivity index (χ1) is 32.6. The van der Waals surface area contributed by atoms with E-state index < -0.39 is 29.7 Å². The van der Waals surface area contributed by atoms with Gasteiger partial charge in [0.15, 0.2) is 5.82 Å². The highest BCUT2D eigenvalue weighted by Crippen LogP contribution is 2.40. The molecule has 4 saturated heterocycles. The summed E-state index contributed by atoms with van der Waals surface area (Å²) in [7, 11) is 0. The van der Waals surface area contributed by atoms with Gasteiger partial charge in [0.2, 0.25) is 17.7 Å². The SMILES string of the molecule is Nc1nnc(-c2ccccc2O)cc1N1C[C@H]2CC[C@@H](C1)N2c1cccc(OCCN2CCN(C(=O)CCCCCCCCNc3cccc4c3C(=O)N(C3CCC(=O)NC3=O)C4=O)CC2)c1. The molecular weight excluding hydrogens is 853 g/mol. The third-order valence-electron chi connectivity index (χ3n) is 13.9. The number of piperidine rings is 1. The number of nitrogens with one attached hydrogen (secondary N) is 2. The van der Waals surface area contributed by atoms with Gasteiger partial charge in [-0.25, -0.2) is 0 Å². The number of amides is 5. The topological polar surface area (TPSA) is 207 Å². The molecule has 0 saturated carbocycles. The van der Waals surface area contributed by atoms with Gasteiger partial charge in [-0.15, -0.1) is 10.2 Å². The quantitative estimate of drug-likeness (QED) is 0.0762. The molecule has 0 aliphatic carbocycles. The molecule has 1 unspecified atom stereocenters. The number of aromatic hydroxyl groups is 1. The first kappa shape index (κ1) is 45.4. The maximum absolute atomic E-state index is 13.3. The fourth-order valence-electron chi connectivity index (χ4n) is 10.4. The minimum absolute atomic E-state index is 0.0816. The van der Waals surface area contributed by atoms with Gasteiger partial charge in [-0.1, -0.05) is 49.9 Å². The number of anilines is 4. The van der Waals surface area contributed by atoms with Gasteiger partial charge in [0.1, 0.15) is 24.1 Å². The zero-order valence-corrected chi connectivity index (χ0v) is 37.9. The van der Waals surface area contributed by atoms with Crippen LogP contribution in [0.1, 0.15) is 91.3 Å². The van der Waals surface area contributed by atoms with E-state index in [0.717, 1.165) is 119 Å². The van der Waals surface area contributed by atoms with E-state index in [1.165, 1.54) is 0 Å². The second-order valence-electron chi connectivity index (χ2n) is 18.3. The van der Waals surface area contributed by atoms with E-state index >= 15 is 0 Å². The van der Waals surface area contributed by atoms with Gasteiger partial charge in [-0.05, 0) is 74.6 Å². The van der Waals surface area contributed by atoms with Crippen molar-refractivity contribution in [3.8, 4) is 22.8 Å². The van der Waals surface area contributed by atoms with E-state index in [0.29, 0.717) is 54.4 Å². The maximum Gasteiger partial charge on any atom is 0.264 e. The number of nitrogen functional groups attached to an aromatic ring is 1. The van der Waals surface area contributed by atoms with Crippen molar-refractivity contribution in [2.24, 2.45) is 0 Å². The minimum Gasteiger partial charge on any atom is -0.507 e. The van der Waals surface area contributed by atoms with Crippen LogP contribution in [-0.2, 0) is 14.4 Å². The lowest BCUT2D eigenvalue weighted by Crippen LogP contribution is -2.54. The van der Waals surface area contributed by atoms with Crippen molar-refractivity contribution < 1.29 is 33.8 Å². The van der Waals surface area contributed by atoms with Crippen molar-refractivity contribution in [2.45, 2.75) is 88.8 Å². The van der Waals surface area contributed by atoms with Crippen molar-refractivity contribution in [1.29, 1.82) is 0 Å². The van der Waals surface area contributed by atoms with Gasteiger partial charge in [0.05, 0.1) is 22.5 Å². The number of phenols is 1. The van der Waals surface area contributed by atoms with E-state index in [1.807, 2.05) is 29.2 Å². The molecule has 352 valence electrons. The fourth-order valence-corrected chi connectivity index (χ4v) is 10.4. The largest absolute Gasteiger partial charge is 0.507 e. The summed E-state index contributed by atoms with van der Waals surface area (Å²) < 4.78 is 6.30. The minimum atomic E-state index is -0.989. The monoisotopic (exact) mass is 912 g/mol. The first-order valence-electron chi connectivity index (χ1n) is 23.9. The van der Waals surface area contributed by atoms with Gasteiger partial charge in [-0.3, -0.25) is 39.1 Å². The van der Waals surface area contributed by atoms with Gasteiger partial charge in [0.25, 0.3) is 11.8 Å². The molecule has 6 heterocycles. The van der Waals surface area contributed by atoms with Crippen molar-refractivity contribution >= 4 is 52.4 Å². The van der Waals surface area contributed by atoms with Crippen LogP contribution < -0.4 is 30.9 Å². The highest BCUT2D eigenvalue weighted by molar-refractivity contribution is 6.25. The van der Waals surface area contributed by atoms with E-state index in [2.05, 4.69) is 53.7 Å². The third kappa shape index (κ3) is 10.0. The Morgan fingerprint density at radius 2 is 1.54 bits per heavy atom. The highest BCUT2D eigenvalue weighted by Gasteiger charge is 2.46. The molecule has 2 bridgehead atoms. The van der Waals surface area contributed by atoms with Crippen LogP contribution in [-0.4, -0.2) is 137 Å². The summed E-state index contributed by atoms with van der Waals surface area (Å²) in [5.41, 5.74) is 10.7. The Morgan fingerprint density at radius 3 is 2.31 bits per heavy atom. The molecule has 3 atom stereocenters. The Bertz CT molecular complexity index is 2480. The number of piperazine rings is 2. The molecule has 1 aromatic heterocycles. The predicted octanol–water partition coefficient (Wildman–Crippen LogP) is 5.06. The third-order valence-corrected chi connectivity index (χ3v) is 13.9. The smallest absolute Gasteiger partial charge is 0.264 e. The van der Waals surface area contributed by atoms with Gasteiger partial charge in [0, 0.05) is 100 Å². The predicted molar refractivity (Wildman–Crippen MR) is 254 cm³/mol. The van der Waals surface area contributed by atoms with Crippen LogP contribution in [0.4, 0.5) is 22.9 Å². The first-order valence-corrected chi connectivity index (χ1v) is 23.9. The van der Waals surface area contributed by atoms with E-state index in [1.54, 1.807) is 30.3 Å². The van der Waals surface area contributed by atoms with Gasteiger partial charge < -0.3 is 35.6 Å². The van der Waals surface area contributed by atoms with E-state index in [4.69, 9.17) is 10.5 Å². The Hall–Kier alpha value is -6.75. The number of rotatable bonds is 18. The molecule has 9 rings (SSSR count). The molecule has 4 aromatic rings. The Labute approximate surface area is 390 Å². The number of phenolic OH excluding ortho intramolecular Hbond substituents is 1. The van der Waals surface area contributed by atoms with Crippen LogP contribution >= 0.6 is 0 Å². The lowest BCUT2D eigenvalue weighted by Gasteiger charge is -2.43. The number of hydrogen-bond donors (Lipinski definition) is 4. The van der Waals surface area contributed by atoms with Crippen LogP contribution in [0.2, 0.25) is 0 Å². The molecule has 67 heavy (non-hydrogen) atoms. The lowest BCUT2D eigenvalue weighted by atomic mass is 10.0. The average molecular weight is 913 g/mol. The number of carbonyl (C=O) groups excluding carboxylic acids is 5. The highest BCUT2D eigenvalue weighted by atomic mass is 16.5. The van der Waals surface area contributed by atoms with E-state index in [-0.39, 0.29) is 35.6 Å². The van der Waals surface area contributed by atoms with Crippen LogP contribution in [0.15, 0.2) is 72.8 Å². The number of nitrogens with two attached hydrogens (primary N) is 1. The Morgan fingerprint density at radius 1 is 0.806 bits per heavy atom. The summed E-state index contributed by atoms with van der Waals surface area (Å²) in [6, 6.07) is 22.2. The molecule has 0 spiro atoms. The second kappa shape index (κ2) is 20.4. The molecule has 0 radical (unpaired) electrons. The number of imide groups is 2. The summed E-state index contributed by atoms with van der Waals surface area (Å²) >= 11 is 0. The fraction of sp³-hybridized carbons (Fsp3) is 0.460. The second-order valence-corrected chi connectivity index (χ2v) is 18.3. The lowest BCUT2D eigenvalue weighted by molar-refractivity contribution is -0.136. The molecule has 5 aliphatic heterocycles. The summed E-state index contributed by atoms with van der Waals surface area (Å²) in [4.78, 5) is 73.7. The summed E-state index contributed by atoms with van der Waals surface area (Å²) in [6.45, 7) is 6.73. The van der Waals surface area contributed by atoms with Crippen molar-refractivity contribution in [3.05, 3.63) is 83.9 Å². The molecule has 5 aliphatic rings. The van der Waals surface area contributed by atoms with Gasteiger partial charge in [-0.2, -0.15) is 0 Å². The zero-order chi connectivity index (χ0) is 46.4. The molecule has 5 amide bonds. The van der Waals surface area contributed by atoms with Crippen LogP contribution in [0.5, 0.6) is 11.5 Å². The number of benzene rings is 3. The maximum atomic E-state index is 13.3.